The third kappa shape index (κ3) is 3.03. The molecule has 102 valence electrons. The van der Waals surface area contributed by atoms with E-state index in [-0.39, 0.29) is 18.6 Å². The van der Waals surface area contributed by atoms with Crippen molar-refractivity contribution in [3.63, 3.8) is 0 Å². The van der Waals surface area contributed by atoms with E-state index in [2.05, 4.69) is 38.2 Å². The van der Waals surface area contributed by atoms with Gasteiger partial charge in [-0.25, -0.2) is 0 Å². The zero-order valence-corrected chi connectivity index (χ0v) is 12.1. The van der Waals surface area contributed by atoms with Crippen molar-refractivity contribution in [2.24, 2.45) is 5.92 Å². The lowest BCUT2D eigenvalue weighted by Crippen LogP contribution is -2.28. The van der Waals surface area contributed by atoms with E-state index < -0.39 is 0 Å². The lowest BCUT2D eigenvalue weighted by Gasteiger charge is -2.27. The second-order valence-electron chi connectivity index (χ2n) is 4.82. The van der Waals surface area contributed by atoms with Gasteiger partial charge in [-0.05, 0) is 32.9 Å². The second-order valence-corrected chi connectivity index (χ2v) is 4.82. The number of rotatable bonds is 6. The SMILES string of the molecule is CCC(CO)C(NC)c1cc(C)cc(C)c1OC. The van der Waals surface area contributed by atoms with Crippen LogP contribution in [0.2, 0.25) is 0 Å². The molecule has 0 fully saturated rings. The molecule has 0 radical (unpaired) electrons. The zero-order chi connectivity index (χ0) is 13.7. The third-order valence-electron chi connectivity index (χ3n) is 3.53. The molecule has 2 atom stereocenters. The van der Waals surface area contributed by atoms with Gasteiger partial charge in [0.2, 0.25) is 0 Å². The smallest absolute Gasteiger partial charge is 0.126 e. The quantitative estimate of drug-likeness (QED) is 0.816. The summed E-state index contributed by atoms with van der Waals surface area (Å²) in [6.45, 7) is 6.42. The van der Waals surface area contributed by atoms with E-state index >= 15 is 0 Å². The number of nitrogens with one attached hydrogen (secondary N) is 1. The van der Waals surface area contributed by atoms with Gasteiger partial charge in [0.05, 0.1) is 7.11 Å². The normalized spacial score (nSPS) is 14.3. The Morgan fingerprint density at radius 2 is 2.00 bits per heavy atom. The maximum absolute atomic E-state index is 9.51. The van der Waals surface area contributed by atoms with Crippen molar-refractivity contribution in [3.05, 3.63) is 28.8 Å². The Labute approximate surface area is 110 Å². The zero-order valence-electron chi connectivity index (χ0n) is 12.1. The molecule has 0 heterocycles. The van der Waals surface area contributed by atoms with Crippen molar-refractivity contribution in [1.29, 1.82) is 0 Å². The van der Waals surface area contributed by atoms with Crippen molar-refractivity contribution in [2.75, 3.05) is 20.8 Å². The fraction of sp³-hybridized carbons (Fsp3) is 0.600. The Morgan fingerprint density at radius 1 is 1.33 bits per heavy atom. The number of benzene rings is 1. The van der Waals surface area contributed by atoms with E-state index in [0.717, 1.165) is 23.3 Å². The van der Waals surface area contributed by atoms with Gasteiger partial charge in [-0.3, -0.25) is 0 Å². The molecule has 1 aromatic carbocycles. The fourth-order valence-corrected chi connectivity index (χ4v) is 2.61. The van der Waals surface area contributed by atoms with Crippen LogP contribution < -0.4 is 10.1 Å². The first kappa shape index (κ1) is 15.0. The van der Waals surface area contributed by atoms with Crippen molar-refractivity contribution in [1.82, 2.24) is 5.32 Å². The summed E-state index contributed by atoms with van der Waals surface area (Å²) in [5.74, 6) is 1.12. The molecule has 0 aromatic heterocycles. The van der Waals surface area contributed by atoms with E-state index in [1.807, 2.05) is 7.05 Å². The molecule has 0 saturated heterocycles. The molecule has 2 unspecified atom stereocenters. The highest BCUT2D eigenvalue weighted by Gasteiger charge is 2.23. The number of aryl methyl sites for hydroxylation is 2. The van der Waals surface area contributed by atoms with Crippen LogP contribution in [0.3, 0.4) is 0 Å². The van der Waals surface area contributed by atoms with Crippen molar-refractivity contribution < 1.29 is 9.84 Å². The Kier molecular flexibility index (Phi) is 5.63. The number of aliphatic hydroxyl groups excluding tert-OH is 1. The summed E-state index contributed by atoms with van der Waals surface area (Å²) in [7, 11) is 3.63. The van der Waals surface area contributed by atoms with Crippen molar-refractivity contribution in [3.8, 4) is 5.75 Å². The van der Waals surface area contributed by atoms with Crippen molar-refractivity contribution in [2.45, 2.75) is 33.2 Å². The molecule has 0 aliphatic carbocycles. The predicted molar refractivity (Wildman–Crippen MR) is 75.1 cm³/mol. The minimum absolute atomic E-state index is 0.119. The average molecular weight is 251 g/mol. The van der Waals surface area contributed by atoms with Crippen LogP contribution in [0, 0.1) is 19.8 Å². The summed E-state index contributed by atoms with van der Waals surface area (Å²) in [5.41, 5.74) is 3.50. The third-order valence-corrected chi connectivity index (χ3v) is 3.53. The summed E-state index contributed by atoms with van der Waals surface area (Å²) in [6, 6.07) is 4.38. The Hall–Kier alpha value is -1.06. The summed E-state index contributed by atoms with van der Waals surface area (Å²) in [5, 5.41) is 12.8. The molecule has 0 saturated carbocycles. The van der Waals surface area contributed by atoms with Crippen LogP contribution in [0.1, 0.15) is 36.1 Å². The van der Waals surface area contributed by atoms with E-state index in [9.17, 15) is 5.11 Å². The highest BCUT2D eigenvalue weighted by molar-refractivity contribution is 5.45. The van der Waals surface area contributed by atoms with Crippen LogP contribution in [0.5, 0.6) is 5.75 Å². The van der Waals surface area contributed by atoms with Gasteiger partial charge in [-0.1, -0.05) is 24.6 Å². The van der Waals surface area contributed by atoms with E-state index in [1.54, 1.807) is 7.11 Å². The van der Waals surface area contributed by atoms with Crippen LogP contribution in [0.25, 0.3) is 0 Å². The first-order valence-corrected chi connectivity index (χ1v) is 6.52. The predicted octanol–water partition coefficient (Wildman–Crippen LogP) is 2.59. The van der Waals surface area contributed by atoms with Gasteiger partial charge in [0.15, 0.2) is 0 Å². The summed E-state index contributed by atoms with van der Waals surface area (Å²) >= 11 is 0. The van der Waals surface area contributed by atoms with Gasteiger partial charge < -0.3 is 15.2 Å². The summed E-state index contributed by atoms with van der Waals surface area (Å²) in [4.78, 5) is 0. The van der Waals surface area contributed by atoms with Gasteiger partial charge in [0.25, 0.3) is 0 Å². The molecular weight excluding hydrogens is 226 g/mol. The first-order valence-electron chi connectivity index (χ1n) is 6.52. The summed E-state index contributed by atoms with van der Waals surface area (Å²) < 4.78 is 5.53. The van der Waals surface area contributed by atoms with Crippen LogP contribution in [-0.2, 0) is 0 Å². The molecule has 1 aromatic rings. The molecule has 3 nitrogen and oxygen atoms in total. The molecule has 1 rings (SSSR count). The number of aliphatic hydroxyl groups is 1. The van der Waals surface area contributed by atoms with Gasteiger partial charge in [-0.15, -0.1) is 0 Å². The Bertz CT molecular complexity index is 386. The van der Waals surface area contributed by atoms with Gasteiger partial charge in [-0.2, -0.15) is 0 Å². The van der Waals surface area contributed by atoms with E-state index in [4.69, 9.17) is 4.74 Å². The standard InChI is InChI=1S/C15H25NO2/c1-6-12(9-17)14(16-4)13-8-10(2)7-11(3)15(13)18-5/h7-8,12,14,16-17H,6,9H2,1-5H3. The van der Waals surface area contributed by atoms with Gasteiger partial charge in [0, 0.05) is 24.1 Å². The fourth-order valence-electron chi connectivity index (χ4n) is 2.61. The molecule has 0 spiro atoms. The number of ether oxygens (including phenoxy) is 1. The lowest BCUT2D eigenvalue weighted by atomic mass is 9.89. The van der Waals surface area contributed by atoms with E-state index in [0.29, 0.717) is 0 Å². The van der Waals surface area contributed by atoms with E-state index in [1.165, 1.54) is 5.56 Å². The lowest BCUT2D eigenvalue weighted by molar-refractivity contribution is 0.187. The summed E-state index contributed by atoms with van der Waals surface area (Å²) in [6.07, 6.45) is 0.929. The molecular formula is C15H25NO2. The highest BCUT2D eigenvalue weighted by atomic mass is 16.5. The second kappa shape index (κ2) is 6.76. The molecule has 0 amide bonds. The molecule has 0 aliphatic heterocycles. The van der Waals surface area contributed by atoms with Crippen molar-refractivity contribution >= 4 is 0 Å². The van der Waals surface area contributed by atoms with Gasteiger partial charge >= 0.3 is 0 Å². The topological polar surface area (TPSA) is 41.5 Å². The minimum atomic E-state index is 0.119. The molecule has 3 heteroatoms. The number of methoxy groups -OCH3 is 1. The first-order chi connectivity index (χ1) is 8.58. The van der Waals surface area contributed by atoms with Crippen LogP contribution in [0.15, 0.2) is 12.1 Å². The Morgan fingerprint density at radius 3 is 2.44 bits per heavy atom. The van der Waals surface area contributed by atoms with Crippen LogP contribution in [0.4, 0.5) is 0 Å². The minimum Gasteiger partial charge on any atom is -0.496 e. The Balaban J connectivity index is 3.27. The largest absolute Gasteiger partial charge is 0.496 e. The molecule has 18 heavy (non-hydrogen) atoms. The maximum Gasteiger partial charge on any atom is 0.126 e. The number of hydrogen-bond acceptors (Lipinski definition) is 3. The average Bonchev–Trinajstić information content (AvgIpc) is 2.35. The number of hydrogen-bond donors (Lipinski definition) is 2. The maximum atomic E-state index is 9.51. The van der Waals surface area contributed by atoms with Crippen LogP contribution in [-0.4, -0.2) is 25.9 Å². The highest BCUT2D eigenvalue weighted by Crippen LogP contribution is 2.34. The van der Waals surface area contributed by atoms with Crippen LogP contribution >= 0.6 is 0 Å². The molecule has 0 aliphatic rings. The van der Waals surface area contributed by atoms with Gasteiger partial charge in [0.1, 0.15) is 5.75 Å². The monoisotopic (exact) mass is 251 g/mol. The molecule has 0 bridgehead atoms. The molecule has 2 N–H and O–H groups in total.